The van der Waals surface area contributed by atoms with Crippen molar-refractivity contribution >= 4 is 11.7 Å². The molecule has 3 heterocycles. The van der Waals surface area contributed by atoms with E-state index >= 15 is 0 Å². The van der Waals surface area contributed by atoms with Crippen molar-refractivity contribution in [1.29, 1.82) is 0 Å². The quantitative estimate of drug-likeness (QED) is 0.682. The summed E-state index contributed by atoms with van der Waals surface area (Å²) < 4.78 is 0. The van der Waals surface area contributed by atoms with Crippen molar-refractivity contribution in [3.63, 3.8) is 0 Å². The van der Waals surface area contributed by atoms with Crippen molar-refractivity contribution in [3.05, 3.63) is 60.0 Å². The van der Waals surface area contributed by atoms with E-state index in [4.69, 9.17) is 10.7 Å². The molecule has 7 heteroatoms. The number of benzene rings is 1. The molecule has 7 nitrogen and oxygen atoms in total. The molecule has 1 fully saturated rings. The van der Waals surface area contributed by atoms with Gasteiger partial charge in [0, 0.05) is 60.3 Å². The molecule has 1 saturated heterocycles. The molecule has 0 spiro atoms. The lowest BCUT2D eigenvalue weighted by atomic mass is 10.0. The Kier molecular flexibility index (Phi) is 5.93. The third kappa shape index (κ3) is 4.62. The molecule has 0 saturated carbocycles. The molecule has 2 aromatic heterocycles. The van der Waals surface area contributed by atoms with Crippen molar-refractivity contribution in [3.8, 4) is 22.5 Å². The Labute approximate surface area is 189 Å². The zero-order valence-corrected chi connectivity index (χ0v) is 19.2. The third-order valence-corrected chi connectivity index (χ3v) is 5.93. The number of nitrogen functional groups attached to an aromatic ring is 1. The highest BCUT2D eigenvalue weighted by Gasteiger charge is 2.28. The van der Waals surface area contributed by atoms with Gasteiger partial charge in [-0.25, -0.2) is 9.97 Å². The molecular weight excluding hydrogens is 400 g/mol. The van der Waals surface area contributed by atoms with Crippen LogP contribution in [0.1, 0.15) is 36.8 Å². The van der Waals surface area contributed by atoms with E-state index in [0.717, 1.165) is 43.0 Å². The van der Waals surface area contributed by atoms with Crippen LogP contribution in [0.5, 0.6) is 0 Å². The van der Waals surface area contributed by atoms with Crippen molar-refractivity contribution in [2.75, 3.05) is 31.9 Å². The Morgan fingerprint density at radius 1 is 0.906 bits per heavy atom. The fraction of sp³-hybridized carbons (Fsp3) is 0.360. The van der Waals surface area contributed by atoms with E-state index in [2.05, 4.69) is 35.6 Å². The molecule has 3 aromatic rings. The Hall–Kier alpha value is -3.32. The van der Waals surface area contributed by atoms with Crippen LogP contribution in [0, 0.1) is 6.92 Å². The number of amides is 1. The summed E-state index contributed by atoms with van der Waals surface area (Å²) in [5.41, 5.74) is 10.8. The summed E-state index contributed by atoms with van der Waals surface area (Å²) in [6, 6.07) is 11.4. The van der Waals surface area contributed by atoms with Crippen LogP contribution in [0.15, 0.2) is 48.8 Å². The van der Waals surface area contributed by atoms with Crippen molar-refractivity contribution < 1.29 is 4.79 Å². The summed E-state index contributed by atoms with van der Waals surface area (Å²) in [6.07, 6.45) is 3.41. The second-order valence-corrected chi connectivity index (χ2v) is 9.20. The maximum absolute atomic E-state index is 13.0. The van der Waals surface area contributed by atoms with Crippen molar-refractivity contribution in [2.45, 2.75) is 33.2 Å². The predicted octanol–water partition coefficient (Wildman–Crippen LogP) is 3.65. The van der Waals surface area contributed by atoms with Crippen LogP contribution >= 0.6 is 0 Å². The lowest BCUT2D eigenvalue weighted by Gasteiger charge is -2.42. The van der Waals surface area contributed by atoms with Gasteiger partial charge >= 0.3 is 0 Å². The molecule has 1 aliphatic rings. The zero-order valence-electron chi connectivity index (χ0n) is 19.2. The minimum Gasteiger partial charge on any atom is -0.382 e. The fourth-order valence-corrected chi connectivity index (χ4v) is 3.90. The van der Waals surface area contributed by atoms with Gasteiger partial charge in [-0.1, -0.05) is 12.1 Å². The average molecular weight is 431 g/mol. The monoisotopic (exact) mass is 430 g/mol. The highest BCUT2D eigenvalue weighted by molar-refractivity contribution is 5.94. The minimum atomic E-state index is 0.0694. The van der Waals surface area contributed by atoms with Gasteiger partial charge < -0.3 is 10.6 Å². The molecule has 166 valence electrons. The molecule has 1 amide bonds. The number of piperazine rings is 1. The minimum absolute atomic E-state index is 0.0694. The Bertz CT molecular complexity index is 1090. The van der Waals surface area contributed by atoms with Gasteiger partial charge in [0.1, 0.15) is 11.5 Å². The highest BCUT2D eigenvalue weighted by atomic mass is 16.2. The smallest absolute Gasteiger partial charge is 0.253 e. The number of aryl methyl sites for hydroxylation is 1. The summed E-state index contributed by atoms with van der Waals surface area (Å²) >= 11 is 0. The Morgan fingerprint density at radius 2 is 1.56 bits per heavy atom. The zero-order chi connectivity index (χ0) is 22.9. The third-order valence-electron chi connectivity index (χ3n) is 5.93. The van der Waals surface area contributed by atoms with Crippen LogP contribution < -0.4 is 5.73 Å². The molecule has 0 bridgehead atoms. The van der Waals surface area contributed by atoms with Gasteiger partial charge in [-0.15, -0.1) is 0 Å². The molecule has 1 aliphatic heterocycles. The number of aromatic nitrogens is 3. The maximum Gasteiger partial charge on any atom is 0.253 e. The number of hydrogen-bond donors (Lipinski definition) is 1. The van der Waals surface area contributed by atoms with Crippen LogP contribution in [0.3, 0.4) is 0 Å². The lowest BCUT2D eigenvalue weighted by Crippen LogP contribution is -2.54. The molecule has 0 radical (unpaired) electrons. The van der Waals surface area contributed by atoms with E-state index in [1.807, 2.05) is 48.2 Å². The molecular formula is C25H30N6O. The van der Waals surface area contributed by atoms with Gasteiger partial charge in [-0.2, -0.15) is 0 Å². The van der Waals surface area contributed by atoms with Crippen molar-refractivity contribution in [1.82, 2.24) is 24.8 Å². The first-order chi connectivity index (χ1) is 15.2. The van der Waals surface area contributed by atoms with Crippen LogP contribution in [0.25, 0.3) is 22.5 Å². The number of carbonyl (C=O) groups is 1. The van der Waals surface area contributed by atoms with Gasteiger partial charge in [0.2, 0.25) is 0 Å². The lowest BCUT2D eigenvalue weighted by molar-refractivity contribution is 0.0451. The topological polar surface area (TPSA) is 88.2 Å². The molecule has 32 heavy (non-hydrogen) atoms. The summed E-state index contributed by atoms with van der Waals surface area (Å²) in [4.78, 5) is 30.7. The fourth-order valence-electron chi connectivity index (χ4n) is 3.90. The van der Waals surface area contributed by atoms with Crippen LogP contribution in [-0.4, -0.2) is 62.4 Å². The van der Waals surface area contributed by atoms with Crippen molar-refractivity contribution in [2.24, 2.45) is 0 Å². The average Bonchev–Trinajstić information content (AvgIpc) is 2.79. The molecule has 0 aliphatic carbocycles. The maximum atomic E-state index is 13.0. The SMILES string of the molecule is Cc1ccc(-c2nc(-c3ccc(C(=O)N4CCN(C(C)(C)C)CC4)cc3)cnc2N)cn1. The van der Waals surface area contributed by atoms with Crippen LogP contribution in [0.2, 0.25) is 0 Å². The van der Waals surface area contributed by atoms with Crippen LogP contribution in [0.4, 0.5) is 5.82 Å². The predicted molar refractivity (Wildman–Crippen MR) is 127 cm³/mol. The second-order valence-electron chi connectivity index (χ2n) is 9.20. The Balaban J connectivity index is 1.50. The largest absolute Gasteiger partial charge is 0.382 e. The van der Waals surface area contributed by atoms with E-state index < -0.39 is 0 Å². The van der Waals surface area contributed by atoms with E-state index in [1.165, 1.54) is 0 Å². The standard InChI is InChI=1S/C25H30N6O/c1-17-5-6-20(15-27-17)22-23(26)28-16-21(29-22)18-7-9-19(10-8-18)24(32)30-11-13-31(14-12-30)25(2,3)4/h5-10,15-16H,11-14H2,1-4H3,(H2,26,28). The number of pyridine rings is 1. The van der Waals surface area contributed by atoms with E-state index in [1.54, 1.807) is 12.4 Å². The molecule has 0 atom stereocenters. The first-order valence-corrected chi connectivity index (χ1v) is 10.9. The number of rotatable bonds is 3. The molecule has 1 aromatic carbocycles. The number of carbonyl (C=O) groups excluding carboxylic acids is 1. The molecule has 4 rings (SSSR count). The van der Waals surface area contributed by atoms with Gasteiger partial charge in [0.15, 0.2) is 0 Å². The summed E-state index contributed by atoms with van der Waals surface area (Å²) in [5, 5.41) is 0. The molecule has 0 unspecified atom stereocenters. The summed E-state index contributed by atoms with van der Waals surface area (Å²) in [7, 11) is 0. The summed E-state index contributed by atoms with van der Waals surface area (Å²) in [5.74, 6) is 0.431. The number of anilines is 1. The first-order valence-electron chi connectivity index (χ1n) is 10.9. The van der Waals surface area contributed by atoms with Gasteiger partial charge in [-0.05, 0) is 52.0 Å². The normalized spacial score (nSPS) is 15.1. The number of nitrogens with two attached hydrogens (primary N) is 1. The Morgan fingerprint density at radius 3 is 2.16 bits per heavy atom. The van der Waals surface area contributed by atoms with E-state index in [-0.39, 0.29) is 11.4 Å². The van der Waals surface area contributed by atoms with E-state index in [0.29, 0.717) is 22.8 Å². The number of nitrogens with zero attached hydrogens (tertiary/aromatic N) is 5. The van der Waals surface area contributed by atoms with Crippen LogP contribution in [-0.2, 0) is 0 Å². The van der Waals surface area contributed by atoms with E-state index in [9.17, 15) is 4.79 Å². The second kappa shape index (κ2) is 8.67. The number of hydrogen-bond acceptors (Lipinski definition) is 6. The van der Waals surface area contributed by atoms with Gasteiger partial charge in [-0.3, -0.25) is 14.7 Å². The van der Waals surface area contributed by atoms with Gasteiger partial charge in [0.25, 0.3) is 5.91 Å². The first kappa shape index (κ1) is 21.9. The summed E-state index contributed by atoms with van der Waals surface area (Å²) in [6.45, 7) is 11.8. The van der Waals surface area contributed by atoms with Gasteiger partial charge in [0.05, 0.1) is 11.9 Å². The highest BCUT2D eigenvalue weighted by Crippen LogP contribution is 2.26. The molecule has 2 N–H and O–H groups in total.